The number of allylic oxidation sites excluding steroid dienone is 1. The number of benzene rings is 1. The normalized spacial score (nSPS) is 27.4. The minimum atomic E-state index is -2.76. The zero-order valence-electron chi connectivity index (χ0n) is 17.7. The van der Waals surface area contributed by atoms with Gasteiger partial charge in [0.05, 0.1) is 19.5 Å². The second-order valence-electron chi connectivity index (χ2n) is 8.32. The van der Waals surface area contributed by atoms with E-state index in [2.05, 4.69) is 11.7 Å². The Balaban J connectivity index is 1.48. The van der Waals surface area contributed by atoms with Gasteiger partial charge in [0.1, 0.15) is 0 Å². The van der Waals surface area contributed by atoms with Gasteiger partial charge >= 0.3 is 0 Å². The van der Waals surface area contributed by atoms with E-state index in [1.54, 1.807) is 6.08 Å². The number of halogens is 4. The predicted molar refractivity (Wildman–Crippen MR) is 111 cm³/mol. The summed E-state index contributed by atoms with van der Waals surface area (Å²) < 4.78 is 68.5. The van der Waals surface area contributed by atoms with Crippen molar-refractivity contribution in [2.45, 2.75) is 58.2 Å². The first-order valence-corrected chi connectivity index (χ1v) is 11.0. The first-order chi connectivity index (χ1) is 15.0. The summed E-state index contributed by atoms with van der Waals surface area (Å²) in [6.07, 6.45) is 8.34. The number of alkyl halides is 2. The highest BCUT2D eigenvalue weighted by molar-refractivity contribution is 5.52. The van der Waals surface area contributed by atoms with Gasteiger partial charge in [-0.15, -0.1) is 0 Å². The van der Waals surface area contributed by atoms with Gasteiger partial charge < -0.3 is 14.2 Å². The monoisotopic (exact) mass is 442 g/mol. The molecule has 0 amide bonds. The molecule has 172 valence electrons. The lowest BCUT2D eigenvalue weighted by molar-refractivity contribution is -0.185. The molecule has 1 aromatic carbocycles. The molecule has 31 heavy (non-hydrogen) atoms. The molecule has 1 aromatic rings. The van der Waals surface area contributed by atoms with Crippen molar-refractivity contribution < 1.29 is 31.8 Å². The topological polar surface area (TPSA) is 27.7 Å². The van der Waals surface area contributed by atoms with Crippen LogP contribution >= 0.6 is 0 Å². The Hall–Kier alpha value is -1.86. The van der Waals surface area contributed by atoms with Crippen LogP contribution in [0.15, 0.2) is 30.5 Å². The summed E-state index contributed by atoms with van der Waals surface area (Å²) in [5.41, 5.74) is 0.253. The van der Waals surface area contributed by atoms with Gasteiger partial charge in [-0.2, -0.15) is 0 Å². The minimum absolute atomic E-state index is 0.253. The van der Waals surface area contributed by atoms with E-state index in [0.29, 0.717) is 37.4 Å². The molecule has 1 aliphatic heterocycles. The van der Waals surface area contributed by atoms with Crippen LogP contribution in [0.4, 0.5) is 17.6 Å². The maximum atomic E-state index is 14.1. The van der Waals surface area contributed by atoms with Crippen LogP contribution < -0.4 is 4.74 Å². The number of ether oxygens (including phenoxy) is 3. The Kier molecular flexibility index (Phi) is 8.96. The van der Waals surface area contributed by atoms with Crippen molar-refractivity contribution in [2.75, 3.05) is 13.2 Å². The molecule has 3 nitrogen and oxygen atoms in total. The van der Waals surface area contributed by atoms with Gasteiger partial charge in [0.25, 0.3) is 6.43 Å². The lowest BCUT2D eigenvalue weighted by Crippen LogP contribution is -2.36. The minimum Gasteiger partial charge on any atom is -0.459 e. The van der Waals surface area contributed by atoms with Crippen molar-refractivity contribution in [1.29, 1.82) is 0 Å². The highest BCUT2D eigenvalue weighted by Gasteiger charge is 2.31. The Bertz CT molecular complexity index is 726. The highest BCUT2D eigenvalue weighted by atomic mass is 19.3. The zero-order chi connectivity index (χ0) is 22.2. The SMILES string of the molecule is CCCC1CCC(C2COC(C=Cc3cc(F)c(OC=CC(F)F)c(F)c3)OC2)CC1. The second-order valence-corrected chi connectivity index (χ2v) is 8.32. The van der Waals surface area contributed by atoms with Crippen LogP contribution in [0.5, 0.6) is 5.75 Å². The fourth-order valence-corrected chi connectivity index (χ4v) is 4.42. The molecule has 2 fully saturated rings. The third-order valence-electron chi connectivity index (χ3n) is 6.08. The Morgan fingerprint density at radius 3 is 2.26 bits per heavy atom. The largest absolute Gasteiger partial charge is 0.459 e. The summed E-state index contributed by atoms with van der Waals surface area (Å²) in [4.78, 5) is 0. The summed E-state index contributed by atoms with van der Waals surface area (Å²) in [7, 11) is 0. The van der Waals surface area contributed by atoms with Crippen molar-refractivity contribution in [3.8, 4) is 5.75 Å². The molecule has 2 aliphatic rings. The smallest absolute Gasteiger partial charge is 0.260 e. The van der Waals surface area contributed by atoms with E-state index in [4.69, 9.17) is 9.47 Å². The summed E-state index contributed by atoms with van der Waals surface area (Å²) >= 11 is 0. The lowest BCUT2D eigenvalue weighted by atomic mass is 9.75. The van der Waals surface area contributed by atoms with Crippen molar-refractivity contribution in [3.63, 3.8) is 0 Å². The molecule has 0 bridgehead atoms. The second kappa shape index (κ2) is 11.7. The quantitative estimate of drug-likeness (QED) is 0.330. The van der Waals surface area contributed by atoms with Crippen molar-refractivity contribution in [2.24, 2.45) is 17.8 Å². The maximum Gasteiger partial charge on any atom is 0.260 e. The molecule has 1 aliphatic carbocycles. The fraction of sp³-hybridized carbons (Fsp3) is 0.583. The standard InChI is InChI=1S/C24H30F4O3/c1-2-3-16-4-7-18(8-5-16)19-14-30-23(31-15-19)9-6-17-12-20(25)24(21(26)13-17)29-11-10-22(27)28/h6,9-13,16,18-19,22-23H,2-5,7-8,14-15H2,1H3. The predicted octanol–water partition coefficient (Wildman–Crippen LogP) is 6.73. The van der Waals surface area contributed by atoms with Gasteiger partial charge in [0.2, 0.25) is 0 Å². The number of hydrogen-bond acceptors (Lipinski definition) is 3. The van der Waals surface area contributed by atoms with Crippen LogP contribution in [-0.4, -0.2) is 25.9 Å². The fourth-order valence-electron chi connectivity index (χ4n) is 4.42. The molecule has 0 spiro atoms. The number of hydrogen-bond donors (Lipinski definition) is 0. The molecule has 3 rings (SSSR count). The van der Waals surface area contributed by atoms with Crippen LogP contribution in [0, 0.1) is 29.4 Å². The third-order valence-corrected chi connectivity index (χ3v) is 6.08. The molecule has 0 N–H and O–H groups in total. The van der Waals surface area contributed by atoms with E-state index >= 15 is 0 Å². The average molecular weight is 442 g/mol. The summed E-state index contributed by atoms with van der Waals surface area (Å²) in [5.74, 6) is -0.811. The molecule has 1 saturated carbocycles. The first-order valence-electron chi connectivity index (χ1n) is 11.0. The Labute approximate surface area is 181 Å². The summed E-state index contributed by atoms with van der Waals surface area (Å²) in [6.45, 7) is 3.47. The Morgan fingerprint density at radius 1 is 1.03 bits per heavy atom. The van der Waals surface area contributed by atoms with Gasteiger partial charge in [-0.05, 0) is 48.4 Å². The van der Waals surface area contributed by atoms with E-state index in [9.17, 15) is 17.6 Å². The van der Waals surface area contributed by atoms with Crippen LogP contribution in [-0.2, 0) is 9.47 Å². The van der Waals surface area contributed by atoms with E-state index in [1.165, 1.54) is 44.6 Å². The summed E-state index contributed by atoms with van der Waals surface area (Å²) in [5, 5.41) is 0. The lowest BCUT2D eigenvalue weighted by Gasteiger charge is -2.37. The first kappa shape index (κ1) is 23.8. The van der Waals surface area contributed by atoms with Gasteiger partial charge in [-0.1, -0.05) is 38.7 Å². The molecule has 0 atom stereocenters. The van der Waals surface area contributed by atoms with Crippen LogP contribution in [0.1, 0.15) is 51.0 Å². The summed E-state index contributed by atoms with van der Waals surface area (Å²) in [6, 6.07) is 2.12. The molecular formula is C24H30F4O3. The molecule has 0 unspecified atom stereocenters. The molecule has 1 saturated heterocycles. The van der Waals surface area contributed by atoms with Gasteiger partial charge in [-0.3, -0.25) is 0 Å². The van der Waals surface area contributed by atoms with Crippen molar-refractivity contribution >= 4 is 6.08 Å². The molecule has 0 aromatic heterocycles. The van der Waals surface area contributed by atoms with Gasteiger partial charge in [-0.25, -0.2) is 17.6 Å². The molecular weight excluding hydrogens is 412 g/mol. The number of rotatable bonds is 8. The van der Waals surface area contributed by atoms with E-state index in [-0.39, 0.29) is 5.56 Å². The zero-order valence-corrected chi connectivity index (χ0v) is 17.7. The Morgan fingerprint density at radius 2 is 1.68 bits per heavy atom. The van der Waals surface area contributed by atoms with Crippen LogP contribution in [0.2, 0.25) is 0 Å². The van der Waals surface area contributed by atoms with E-state index in [0.717, 1.165) is 18.1 Å². The van der Waals surface area contributed by atoms with Crippen LogP contribution in [0.25, 0.3) is 6.08 Å². The van der Waals surface area contributed by atoms with Gasteiger partial charge in [0.15, 0.2) is 23.7 Å². The van der Waals surface area contributed by atoms with Crippen molar-refractivity contribution in [1.82, 2.24) is 0 Å². The third kappa shape index (κ3) is 7.07. The van der Waals surface area contributed by atoms with Gasteiger partial charge in [0, 0.05) is 12.0 Å². The van der Waals surface area contributed by atoms with Crippen molar-refractivity contribution in [3.05, 3.63) is 47.7 Å². The molecule has 0 radical (unpaired) electrons. The molecule has 1 heterocycles. The van der Waals surface area contributed by atoms with E-state index < -0.39 is 30.1 Å². The average Bonchev–Trinajstić information content (AvgIpc) is 2.75. The van der Waals surface area contributed by atoms with E-state index in [1.807, 2.05) is 0 Å². The van der Waals surface area contributed by atoms with Crippen LogP contribution in [0.3, 0.4) is 0 Å². The maximum absolute atomic E-state index is 14.1. The highest BCUT2D eigenvalue weighted by Crippen LogP contribution is 2.37. The molecule has 7 heteroatoms.